The summed E-state index contributed by atoms with van der Waals surface area (Å²) in [6.45, 7) is 2.47. The Morgan fingerprint density at radius 1 is 1.22 bits per heavy atom. The molecule has 7 nitrogen and oxygen atoms in total. The number of hydrogen-bond acceptors (Lipinski definition) is 5. The third-order valence-electron chi connectivity index (χ3n) is 6.68. The molecule has 1 aliphatic heterocycles. The SMILES string of the molecule is CCC(NCCO)C(=O)NC1CCc2ccccc2N(Cc2c(OC)ccc3cc(Br)ccc23)C1=O. The number of para-hydroxylation sites is 1. The second-order valence-electron chi connectivity index (χ2n) is 8.90. The van der Waals surface area contributed by atoms with E-state index < -0.39 is 12.1 Å². The van der Waals surface area contributed by atoms with Gasteiger partial charge in [-0.25, -0.2) is 0 Å². The van der Waals surface area contributed by atoms with Gasteiger partial charge in [0, 0.05) is 22.3 Å². The van der Waals surface area contributed by atoms with Crippen molar-refractivity contribution in [2.24, 2.45) is 0 Å². The summed E-state index contributed by atoms with van der Waals surface area (Å²) in [5, 5.41) is 17.2. The molecule has 2 atom stereocenters. The first-order valence-electron chi connectivity index (χ1n) is 12.3. The molecule has 0 spiro atoms. The van der Waals surface area contributed by atoms with E-state index in [1.807, 2.05) is 61.5 Å². The molecule has 1 aliphatic rings. The Bertz CT molecular complexity index is 1250. The van der Waals surface area contributed by atoms with Crippen LogP contribution in [0.25, 0.3) is 10.8 Å². The van der Waals surface area contributed by atoms with Gasteiger partial charge in [0.05, 0.1) is 26.3 Å². The number of nitrogens with one attached hydrogen (secondary N) is 2. The zero-order valence-electron chi connectivity index (χ0n) is 20.6. The molecule has 0 bridgehead atoms. The number of fused-ring (bicyclic) bond motifs is 2. The van der Waals surface area contributed by atoms with Gasteiger partial charge in [0.15, 0.2) is 0 Å². The molecule has 3 N–H and O–H groups in total. The number of benzene rings is 3. The number of hydrogen-bond donors (Lipinski definition) is 3. The van der Waals surface area contributed by atoms with Gasteiger partial charge in [-0.2, -0.15) is 0 Å². The smallest absolute Gasteiger partial charge is 0.249 e. The lowest BCUT2D eigenvalue weighted by Gasteiger charge is -2.28. The molecule has 0 aromatic heterocycles. The van der Waals surface area contributed by atoms with E-state index in [9.17, 15) is 9.59 Å². The maximum atomic E-state index is 14.0. The molecule has 0 fully saturated rings. The quantitative estimate of drug-likeness (QED) is 0.373. The number of anilines is 1. The first kappa shape index (κ1) is 26.1. The average molecular weight is 554 g/mol. The van der Waals surface area contributed by atoms with Crippen LogP contribution in [0.15, 0.2) is 59.1 Å². The molecule has 2 amide bonds. The highest BCUT2D eigenvalue weighted by atomic mass is 79.9. The van der Waals surface area contributed by atoms with Gasteiger partial charge >= 0.3 is 0 Å². The first-order valence-corrected chi connectivity index (χ1v) is 13.0. The summed E-state index contributed by atoms with van der Waals surface area (Å²) in [4.78, 5) is 28.7. The Morgan fingerprint density at radius 2 is 2.03 bits per heavy atom. The van der Waals surface area contributed by atoms with Crippen LogP contribution in [0.3, 0.4) is 0 Å². The summed E-state index contributed by atoms with van der Waals surface area (Å²) in [6, 6.07) is 16.8. The van der Waals surface area contributed by atoms with Crippen LogP contribution in [-0.2, 0) is 22.6 Å². The molecule has 1 heterocycles. The van der Waals surface area contributed by atoms with Crippen molar-refractivity contribution in [3.63, 3.8) is 0 Å². The van der Waals surface area contributed by atoms with Gasteiger partial charge in [-0.3, -0.25) is 9.59 Å². The maximum Gasteiger partial charge on any atom is 0.249 e. The molecule has 3 aromatic rings. The summed E-state index contributed by atoms with van der Waals surface area (Å²) in [6.07, 6.45) is 1.73. The number of ether oxygens (including phenoxy) is 1. The van der Waals surface area contributed by atoms with Crippen molar-refractivity contribution in [3.8, 4) is 5.75 Å². The number of carbonyl (C=O) groups excluding carboxylic acids is 2. The minimum atomic E-state index is -0.662. The van der Waals surface area contributed by atoms with Crippen LogP contribution in [0.1, 0.15) is 30.9 Å². The van der Waals surface area contributed by atoms with Gasteiger partial charge < -0.3 is 25.4 Å². The molecular formula is C28H32BrN3O4. The zero-order valence-corrected chi connectivity index (χ0v) is 22.2. The van der Waals surface area contributed by atoms with E-state index in [1.54, 1.807) is 12.0 Å². The fourth-order valence-corrected chi connectivity index (χ4v) is 5.18. The Morgan fingerprint density at radius 3 is 2.78 bits per heavy atom. The van der Waals surface area contributed by atoms with Crippen LogP contribution >= 0.6 is 15.9 Å². The van der Waals surface area contributed by atoms with E-state index in [4.69, 9.17) is 9.84 Å². The number of amides is 2. The van der Waals surface area contributed by atoms with Crippen molar-refractivity contribution in [3.05, 3.63) is 70.2 Å². The number of methoxy groups -OCH3 is 1. The number of aliphatic hydroxyl groups excluding tert-OH is 1. The van der Waals surface area contributed by atoms with Crippen molar-refractivity contribution in [1.29, 1.82) is 0 Å². The van der Waals surface area contributed by atoms with Crippen LogP contribution in [0.5, 0.6) is 5.75 Å². The lowest BCUT2D eigenvalue weighted by molar-refractivity contribution is -0.129. The number of rotatable bonds is 9. The Hall–Kier alpha value is -2.94. The molecule has 0 saturated carbocycles. The van der Waals surface area contributed by atoms with Crippen molar-refractivity contribution in [2.75, 3.05) is 25.2 Å². The zero-order chi connectivity index (χ0) is 25.7. The molecular weight excluding hydrogens is 522 g/mol. The molecule has 36 heavy (non-hydrogen) atoms. The summed E-state index contributed by atoms with van der Waals surface area (Å²) < 4.78 is 6.68. The molecule has 8 heteroatoms. The molecule has 0 radical (unpaired) electrons. The molecule has 0 saturated heterocycles. The van der Waals surface area contributed by atoms with E-state index in [1.165, 1.54) is 0 Å². The topological polar surface area (TPSA) is 90.9 Å². The highest BCUT2D eigenvalue weighted by molar-refractivity contribution is 9.10. The lowest BCUT2D eigenvalue weighted by Crippen LogP contribution is -2.53. The number of aliphatic hydroxyl groups is 1. The first-order chi connectivity index (χ1) is 17.5. The highest BCUT2D eigenvalue weighted by Gasteiger charge is 2.33. The van der Waals surface area contributed by atoms with Crippen molar-refractivity contribution >= 4 is 44.2 Å². The summed E-state index contributed by atoms with van der Waals surface area (Å²) >= 11 is 3.54. The van der Waals surface area contributed by atoms with Crippen molar-refractivity contribution in [1.82, 2.24) is 10.6 Å². The summed E-state index contributed by atoms with van der Waals surface area (Å²) in [5.41, 5.74) is 2.82. The van der Waals surface area contributed by atoms with Gasteiger partial charge in [0.25, 0.3) is 0 Å². The largest absolute Gasteiger partial charge is 0.496 e. The second-order valence-corrected chi connectivity index (χ2v) is 9.82. The molecule has 3 aromatic carbocycles. The van der Waals surface area contributed by atoms with E-state index >= 15 is 0 Å². The van der Waals surface area contributed by atoms with Crippen LogP contribution in [0.2, 0.25) is 0 Å². The third-order valence-corrected chi connectivity index (χ3v) is 7.17. The number of carbonyl (C=O) groups is 2. The maximum absolute atomic E-state index is 14.0. The third kappa shape index (κ3) is 5.56. The summed E-state index contributed by atoms with van der Waals surface area (Å²) in [7, 11) is 1.63. The predicted molar refractivity (Wildman–Crippen MR) is 145 cm³/mol. The molecule has 4 rings (SSSR count). The minimum absolute atomic E-state index is 0.0569. The van der Waals surface area contributed by atoms with E-state index in [0.717, 1.165) is 32.1 Å². The Balaban J connectivity index is 1.70. The van der Waals surface area contributed by atoms with Crippen LogP contribution in [0, 0.1) is 0 Å². The second kappa shape index (κ2) is 11.9. The van der Waals surface area contributed by atoms with Crippen LogP contribution in [0.4, 0.5) is 5.69 Å². The standard InChI is InChI=1S/C28H32BrN3O4/c1-3-23(30-14-15-33)27(34)31-24-12-8-18-6-4-5-7-25(18)32(28(24)35)17-22-21-11-10-20(29)16-19(21)9-13-26(22)36-2/h4-7,9-11,13,16,23-24,30,33H,3,8,12,14-15,17H2,1-2H3,(H,31,34). The Labute approximate surface area is 220 Å². The fraction of sp³-hybridized carbons (Fsp3) is 0.357. The van der Waals surface area contributed by atoms with Crippen molar-refractivity contribution in [2.45, 2.75) is 44.8 Å². The van der Waals surface area contributed by atoms with Crippen molar-refractivity contribution < 1.29 is 19.4 Å². The minimum Gasteiger partial charge on any atom is -0.496 e. The highest BCUT2D eigenvalue weighted by Crippen LogP contribution is 2.35. The van der Waals surface area contributed by atoms with E-state index in [-0.39, 0.29) is 18.4 Å². The van der Waals surface area contributed by atoms with Crippen LogP contribution < -0.4 is 20.3 Å². The van der Waals surface area contributed by atoms with Crippen LogP contribution in [-0.4, -0.2) is 49.3 Å². The van der Waals surface area contributed by atoms with E-state index in [2.05, 4.69) is 26.6 Å². The number of nitrogens with zero attached hydrogens (tertiary/aromatic N) is 1. The fourth-order valence-electron chi connectivity index (χ4n) is 4.80. The van der Waals surface area contributed by atoms with Gasteiger partial charge in [0.1, 0.15) is 11.8 Å². The molecule has 190 valence electrons. The predicted octanol–water partition coefficient (Wildman–Crippen LogP) is 3.94. The number of aryl methyl sites for hydroxylation is 1. The summed E-state index contributed by atoms with van der Waals surface area (Å²) in [5.74, 6) is 0.323. The normalized spacial score (nSPS) is 16.4. The van der Waals surface area contributed by atoms with Gasteiger partial charge in [-0.15, -0.1) is 0 Å². The monoisotopic (exact) mass is 553 g/mol. The molecule has 2 unspecified atom stereocenters. The molecule has 0 aliphatic carbocycles. The van der Waals surface area contributed by atoms with Gasteiger partial charge in [0.2, 0.25) is 11.8 Å². The van der Waals surface area contributed by atoms with Gasteiger partial charge in [-0.05, 0) is 59.9 Å². The Kier molecular flexibility index (Phi) is 8.61. The average Bonchev–Trinajstić information content (AvgIpc) is 3.01. The van der Waals surface area contributed by atoms with Gasteiger partial charge in [-0.1, -0.05) is 53.2 Å². The number of halogens is 1. The van der Waals surface area contributed by atoms with E-state index in [0.29, 0.717) is 38.1 Å². The lowest BCUT2D eigenvalue weighted by atomic mass is 10.0.